The van der Waals surface area contributed by atoms with Crippen molar-refractivity contribution in [2.24, 2.45) is 0 Å². The fraction of sp³-hybridized carbons (Fsp3) is 0.529. The fourth-order valence-electron chi connectivity index (χ4n) is 1.52. The van der Waals surface area contributed by atoms with Crippen molar-refractivity contribution in [2.75, 3.05) is 13.6 Å². The predicted octanol–water partition coefficient (Wildman–Crippen LogP) is 3.85. The smallest absolute Gasteiger partial charge is 0.304 e. The standard InChI is InChI=1S/C13H17NO3.2C2H6/c1-10(15)12-5-3-11(4-6-12)9-14(2)8-7-13(16)17;2*1-2/h3-6H,7-9H2,1-2H3,(H,16,17);2*1-2H3. The van der Waals surface area contributed by atoms with Crippen LogP contribution in [0.5, 0.6) is 0 Å². The first-order valence-electron chi connectivity index (χ1n) is 7.49. The van der Waals surface area contributed by atoms with Crippen molar-refractivity contribution in [1.82, 2.24) is 4.90 Å². The average molecular weight is 295 g/mol. The molecule has 0 fully saturated rings. The van der Waals surface area contributed by atoms with Gasteiger partial charge in [0.25, 0.3) is 0 Å². The van der Waals surface area contributed by atoms with Crippen LogP contribution in [0, 0.1) is 0 Å². The van der Waals surface area contributed by atoms with Gasteiger partial charge in [0.15, 0.2) is 5.78 Å². The van der Waals surface area contributed by atoms with Crippen molar-refractivity contribution < 1.29 is 14.7 Å². The lowest BCUT2D eigenvalue weighted by Crippen LogP contribution is -2.21. The van der Waals surface area contributed by atoms with Crippen LogP contribution in [0.1, 0.15) is 57.0 Å². The Bertz CT molecular complexity index is 399. The van der Waals surface area contributed by atoms with Gasteiger partial charge in [0.1, 0.15) is 0 Å². The lowest BCUT2D eigenvalue weighted by atomic mass is 10.1. The number of hydrogen-bond donors (Lipinski definition) is 1. The van der Waals surface area contributed by atoms with Crippen LogP contribution in [0.25, 0.3) is 0 Å². The molecule has 0 amide bonds. The molecule has 0 aliphatic heterocycles. The van der Waals surface area contributed by atoms with E-state index >= 15 is 0 Å². The summed E-state index contributed by atoms with van der Waals surface area (Å²) in [4.78, 5) is 23.4. The first-order chi connectivity index (χ1) is 9.99. The third-order valence-electron chi connectivity index (χ3n) is 2.52. The summed E-state index contributed by atoms with van der Waals surface area (Å²) in [6.07, 6.45) is 0.141. The third-order valence-corrected chi connectivity index (χ3v) is 2.52. The second-order valence-corrected chi connectivity index (χ2v) is 4.13. The van der Waals surface area contributed by atoms with Crippen LogP contribution in [0.15, 0.2) is 24.3 Å². The van der Waals surface area contributed by atoms with Gasteiger partial charge in [-0.25, -0.2) is 0 Å². The Hall–Kier alpha value is -1.68. The molecule has 4 heteroatoms. The minimum atomic E-state index is -0.788. The Morgan fingerprint density at radius 2 is 1.52 bits per heavy atom. The van der Waals surface area contributed by atoms with Gasteiger partial charge in [-0.05, 0) is 19.5 Å². The first-order valence-corrected chi connectivity index (χ1v) is 7.49. The number of Topliss-reactive ketones (excluding diaryl/α,β-unsaturated/α-hetero) is 1. The van der Waals surface area contributed by atoms with Crippen LogP contribution in [-0.4, -0.2) is 35.4 Å². The summed E-state index contributed by atoms with van der Waals surface area (Å²) in [6, 6.07) is 7.38. The lowest BCUT2D eigenvalue weighted by molar-refractivity contribution is -0.137. The van der Waals surface area contributed by atoms with E-state index in [4.69, 9.17) is 5.11 Å². The topological polar surface area (TPSA) is 57.6 Å². The van der Waals surface area contributed by atoms with E-state index in [-0.39, 0.29) is 12.2 Å². The van der Waals surface area contributed by atoms with Gasteiger partial charge >= 0.3 is 5.97 Å². The maximum absolute atomic E-state index is 11.1. The van der Waals surface area contributed by atoms with E-state index in [1.807, 2.05) is 51.8 Å². The van der Waals surface area contributed by atoms with Gasteiger partial charge < -0.3 is 10.0 Å². The molecule has 21 heavy (non-hydrogen) atoms. The molecule has 0 saturated carbocycles. The van der Waals surface area contributed by atoms with E-state index in [0.717, 1.165) is 5.56 Å². The zero-order chi connectivity index (χ0) is 16.8. The quantitative estimate of drug-likeness (QED) is 0.810. The van der Waals surface area contributed by atoms with Crippen molar-refractivity contribution in [1.29, 1.82) is 0 Å². The molecule has 0 atom stereocenters. The summed E-state index contributed by atoms with van der Waals surface area (Å²) in [6.45, 7) is 10.7. The number of nitrogens with zero attached hydrogens (tertiary/aromatic N) is 1. The van der Waals surface area contributed by atoms with E-state index < -0.39 is 5.97 Å². The van der Waals surface area contributed by atoms with Gasteiger partial charge in [-0.3, -0.25) is 9.59 Å². The number of ketones is 1. The van der Waals surface area contributed by atoms with Gasteiger partial charge in [-0.1, -0.05) is 52.0 Å². The van der Waals surface area contributed by atoms with Crippen molar-refractivity contribution >= 4 is 11.8 Å². The summed E-state index contributed by atoms with van der Waals surface area (Å²) in [5, 5.41) is 8.56. The number of rotatable bonds is 6. The molecule has 0 aliphatic carbocycles. The maximum Gasteiger partial charge on any atom is 0.304 e. The Balaban J connectivity index is 0. The molecule has 0 heterocycles. The molecule has 0 bridgehead atoms. The Kier molecular flexibility index (Phi) is 13.7. The molecule has 0 radical (unpaired) electrons. The molecule has 0 aliphatic rings. The van der Waals surface area contributed by atoms with Crippen molar-refractivity contribution in [2.45, 2.75) is 47.6 Å². The molecule has 0 saturated heterocycles. The van der Waals surface area contributed by atoms with Crippen LogP contribution in [0.3, 0.4) is 0 Å². The maximum atomic E-state index is 11.1. The summed E-state index contributed by atoms with van der Waals surface area (Å²) in [5.41, 5.74) is 1.77. The summed E-state index contributed by atoms with van der Waals surface area (Å²) in [5.74, 6) is -0.737. The van der Waals surface area contributed by atoms with Gasteiger partial charge in [-0.15, -0.1) is 0 Å². The fourth-order valence-corrected chi connectivity index (χ4v) is 1.52. The zero-order valence-electron chi connectivity index (χ0n) is 14.1. The molecule has 1 rings (SSSR count). The first kappa shape index (κ1) is 21.6. The third kappa shape index (κ3) is 10.7. The van der Waals surface area contributed by atoms with E-state index in [1.54, 1.807) is 12.1 Å². The molecule has 0 spiro atoms. The highest BCUT2D eigenvalue weighted by Crippen LogP contribution is 2.07. The highest BCUT2D eigenvalue weighted by atomic mass is 16.4. The highest BCUT2D eigenvalue weighted by molar-refractivity contribution is 5.93. The van der Waals surface area contributed by atoms with Crippen LogP contribution >= 0.6 is 0 Å². The van der Waals surface area contributed by atoms with Crippen LogP contribution in [-0.2, 0) is 11.3 Å². The van der Waals surface area contributed by atoms with E-state index in [9.17, 15) is 9.59 Å². The van der Waals surface area contributed by atoms with Gasteiger partial charge in [-0.2, -0.15) is 0 Å². The van der Waals surface area contributed by atoms with Crippen molar-refractivity contribution in [3.8, 4) is 0 Å². The molecular formula is C17H29NO3. The molecule has 1 aromatic rings. The molecule has 1 aromatic carbocycles. The molecule has 120 valence electrons. The van der Waals surface area contributed by atoms with Crippen LogP contribution in [0.2, 0.25) is 0 Å². The number of carboxylic acids is 1. The Morgan fingerprint density at radius 1 is 1.05 bits per heavy atom. The Labute approximate surface area is 128 Å². The average Bonchev–Trinajstić information content (AvgIpc) is 2.50. The zero-order valence-corrected chi connectivity index (χ0v) is 14.1. The van der Waals surface area contributed by atoms with Crippen LogP contribution < -0.4 is 0 Å². The minimum absolute atomic E-state index is 0.0516. The van der Waals surface area contributed by atoms with Crippen molar-refractivity contribution in [3.63, 3.8) is 0 Å². The van der Waals surface area contributed by atoms with E-state index in [2.05, 4.69) is 0 Å². The minimum Gasteiger partial charge on any atom is -0.481 e. The second kappa shape index (κ2) is 13.3. The molecule has 0 unspecified atom stereocenters. The summed E-state index contributed by atoms with van der Waals surface area (Å²) < 4.78 is 0. The second-order valence-electron chi connectivity index (χ2n) is 4.13. The largest absolute Gasteiger partial charge is 0.481 e. The molecule has 4 nitrogen and oxygen atoms in total. The number of carbonyl (C=O) groups is 2. The number of benzene rings is 1. The molecular weight excluding hydrogens is 266 g/mol. The number of carboxylic acid groups (broad SMARTS) is 1. The normalized spacial score (nSPS) is 9.10. The summed E-state index contributed by atoms with van der Waals surface area (Å²) in [7, 11) is 1.88. The van der Waals surface area contributed by atoms with E-state index in [0.29, 0.717) is 18.7 Å². The summed E-state index contributed by atoms with van der Waals surface area (Å²) >= 11 is 0. The Morgan fingerprint density at radius 3 is 1.90 bits per heavy atom. The van der Waals surface area contributed by atoms with Gasteiger partial charge in [0.05, 0.1) is 6.42 Å². The predicted molar refractivity (Wildman–Crippen MR) is 87.7 cm³/mol. The van der Waals surface area contributed by atoms with Crippen molar-refractivity contribution in [3.05, 3.63) is 35.4 Å². The lowest BCUT2D eigenvalue weighted by Gasteiger charge is -2.15. The number of hydrogen-bond acceptors (Lipinski definition) is 3. The number of carbonyl (C=O) groups excluding carboxylic acids is 1. The monoisotopic (exact) mass is 295 g/mol. The van der Waals surface area contributed by atoms with Crippen LogP contribution in [0.4, 0.5) is 0 Å². The van der Waals surface area contributed by atoms with Gasteiger partial charge in [0.2, 0.25) is 0 Å². The number of aliphatic carboxylic acids is 1. The van der Waals surface area contributed by atoms with Gasteiger partial charge in [0, 0.05) is 18.7 Å². The molecule has 1 N–H and O–H groups in total. The highest BCUT2D eigenvalue weighted by Gasteiger charge is 2.04. The molecule has 0 aromatic heterocycles. The van der Waals surface area contributed by atoms with E-state index in [1.165, 1.54) is 6.92 Å². The SMILES string of the molecule is CC.CC.CC(=O)c1ccc(CN(C)CCC(=O)O)cc1.